The van der Waals surface area contributed by atoms with Gasteiger partial charge in [-0.25, -0.2) is 0 Å². The molecule has 198 valence electrons. The van der Waals surface area contributed by atoms with Gasteiger partial charge in [-0.3, -0.25) is 24.7 Å². The van der Waals surface area contributed by atoms with E-state index in [4.69, 9.17) is 25.8 Å². The number of ether oxygens (including phenoxy) is 3. The minimum atomic E-state index is -2.31. The van der Waals surface area contributed by atoms with Crippen LogP contribution in [0.1, 0.15) is 25.3 Å². The van der Waals surface area contributed by atoms with Gasteiger partial charge in [0.1, 0.15) is 23.1 Å². The van der Waals surface area contributed by atoms with E-state index in [-0.39, 0.29) is 34.2 Å². The highest BCUT2D eigenvalue weighted by Gasteiger charge is 2.62. The number of nitro groups is 1. The second kappa shape index (κ2) is 9.78. The van der Waals surface area contributed by atoms with Crippen LogP contribution in [0.2, 0.25) is 5.02 Å². The van der Waals surface area contributed by atoms with Crippen LogP contribution in [-0.4, -0.2) is 76.8 Å². The normalized spacial score (nSPS) is 30.9. The number of esters is 1. The van der Waals surface area contributed by atoms with Gasteiger partial charge in [0.15, 0.2) is 17.5 Å². The molecule has 0 bridgehead atoms. The molecule has 2 saturated heterocycles. The summed E-state index contributed by atoms with van der Waals surface area (Å²) in [7, 11) is 1.15. The number of halogens is 1. The number of methoxy groups -OCH3 is 1. The van der Waals surface area contributed by atoms with Crippen LogP contribution in [0.25, 0.3) is 0 Å². The van der Waals surface area contributed by atoms with Crippen LogP contribution in [0.3, 0.4) is 0 Å². The summed E-state index contributed by atoms with van der Waals surface area (Å²) < 4.78 is 15.9. The van der Waals surface area contributed by atoms with Crippen LogP contribution in [0.15, 0.2) is 34.5 Å². The number of nitro benzene ring substituents is 1. The van der Waals surface area contributed by atoms with Crippen molar-refractivity contribution in [3.8, 4) is 0 Å². The van der Waals surface area contributed by atoms with Crippen molar-refractivity contribution in [2.75, 3.05) is 20.3 Å². The number of aliphatic imine (C=N–C) groups is 1. The first-order chi connectivity index (χ1) is 17.4. The van der Waals surface area contributed by atoms with Gasteiger partial charge < -0.3 is 24.2 Å². The number of carbonyl (C=O) groups is 2. The fourth-order valence-corrected chi connectivity index (χ4v) is 5.30. The molecule has 1 aromatic rings. The molecule has 15 heteroatoms. The predicted octanol–water partition coefficient (Wildman–Crippen LogP) is 1.54. The number of allylic oxidation sites excluding steroid dienone is 1. The number of fused-ring (bicyclic) bond motifs is 1. The number of benzene rings is 1. The zero-order chi connectivity index (χ0) is 27.2. The van der Waals surface area contributed by atoms with Crippen molar-refractivity contribution in [3.05, 3.63) is 60.3 Å². The third-order valence-electron chi connectivity index (χ3n) is 6.74. The summed E-state index contributed by atoms with van der Waals surface area (Å²) in [6.07, 6.45) is -3.59. The molecule has 6 atom stereocenters. The van der Waals surface area contributed by atoms with Crippen molar-refractivity contribution < 1.29 is 43.8 Å². The Morgan fingerprint density at radius 3 is 2.57 bits per heavy atom. The van der Waals surface area contributed by atoms with E-state index in [1.807, 2.05) is 0 Å². The highest BCUT2D eigenvalue weighted by atomic mass is 35.5. The van der Waals surface area contributed by atoms with Gasteiger partial charge in [-0.2, -0.15) is 0 Å². The van der Waals surface area contributed by atoms with E-state index in [0.29, 0.717) is 0 Å². The number of Topliss-reactive ketones (excluding diaryl/α,β-unsaturated/α-hetero) is 1. The van der Waals surface area contributed by atoms with E-state index in [1.165, 1.54) is 19.1 Å². The molecule has 3 aliphatic rings. The van der Waals surface area contributed by atoms with E-state index in [0.717, 1.165) is 13.2 Å². The Morgan fingerprint density at radius 1 is 1.24 bits per heavy atom. The second-order valence-electron chi connectivity index (χ2n) is 8.85. The Bertz CT molecular complexity index is 1250. The maximum absolute atomic E-state index is 14.0. The van der Waals surface area contributed by atoms with E-state index in [1.54, 1.807) is 6.92 Å². The number of ketones is 1. The van der Waals surface area contributed by atoms with Gasteiger partial charge in [0.05, 0.1) is 25.2 Å². The lowest BCUT2D eigenvalue weighted by Gasteiger charge is -2.35. The fourth-order valence-electron chi connectivity index (χ4n) is 5.11. The fraction of sp³-hybridized carbons (Fsp3) is 0.500. The Morgan fingerprint density at radius 2 is 1.95 bits per heavy atom. The van der Waals surface area contributed by atoms with E-state index in [2.05, 4.69) is 9.83 Å². The molecule has 4 rings (SSSR count). The quantitative estimate of drug-likeness (QED) is 0.300. The SMILES string of the molecule is COC(=O)C1C(C)=NC(C)=C(C(=O)[C@]2(O)CO[C@@H]3[C@H](O[N+](=O)[O-])CO[C@@H]32)C1c1ccc(Cl)c([N+](=O)[O-])c1. The molecular formula is C22H22ClN3O11. The lowest BCUT2D eigenvalue weighted by Crippen LogP contribution is -2.53. The highest BCUT2D eigenvalue weighted by molar-refractivity contribution is 6.32. The summed E-state index contributed by atoms with van der Waals surface area (Å²) in [5.74, 6) is -3.98. The molecule has 0 aliphatic carbocycles. The van der Waals surface area contributed by atoms with Gasteiger partial charge in [0, 0.05) is 29.0 Å². The molecule has 3 aliphatic heterocycles. The smallest absolute Gasteiger partial charge is 0.315 e. The second-order valence-corrected chi connectivity index (χ2v) is 9.26. The van der Waals surface area contributed by atoms with Gasteiger partial charge >= 0.3 is 5.97 Å². The van der Waals surface area contributed by atoms with Crippen LogP contribution in [0.4, 0.5) is 5.69 Å². The summed E-state index contributed by atoms with van der Waals surface area (Å²) in [6, 6.07) is 3.85. The number of rotatable bonds is 7. The molecule has 2 unspecified atom stereocenters. The molecular weight excluding hydrogens is 518 g/mol. The monoisotopic (exact) mass is 539 g/mol. The Kier molecular flexibility index (Phi) is 7.03. The number of carbonyl (C=O) groups excluding carboxylic acids is 2. The Hall–Kier alpha value is -3.46. The van der Waals surface area contributed by atoms with Crippen molar-refractivity contribution in [1.29, 1.82) is 0 Å². The summed E-state index contributed by atoms with van der Waals surface area (Å²) in [5.41, 5.74) is -2.26. The molecule has 0 radical (unpaired) electrons. The predicted molar refractivity (Wildman–Crippen MR) is 123 cm³/mol. The van der Waals surface area contributed by atoms with Gasteiger partial charge in [-0.1, -0.05) is 17.7 Å². The Labute approximate surface area is 214 Å². The van der Waals surface area contributed by atoms with Crippen LogP contribution < -0.4 is 0 Å². The van der Waals surface area contributed by atoms with Gasteiger partial charge in [0.25, 0.3) is 10.8 Å². The molecule has 37 heavy (non-hydrogen) atoms. The van der Waals surface area contributed by atoms with Crippen LogP contribution in [0.5, 0.6) is 0 Å². The third-order valence-corrected chi connectivity index (χ3v) is 7.06. The highest BCUT2D eigenvalue weighted by Crippen LogP contribution is 2.46. The van der Waals surface area contributed by atoms with Gasteiger partial charge in [0.2, 0.25) is 0 Å². The standard InChI is InChI=1S/C22H22ClN3O11/c1-9-15(19(27)22(29)8-36-18-14(37-26(32)33)7-35-20(18)22)17(16(10(2)24-9)21(28)34-3)11-4-5-12(23)13(6-11)25(30)31/h4-6,14,16-18,20,29H,7-8H2,1-3H3/t14-,16?,17?,18-,20+,22-/m1/s1. The van der Waals surface area contributed by atoms with Crippen molar-refractivity contribution in [2.24, 2.45) is 10.9 Å². The summed E-state index contributed by atoms with van der Waals surface area (Å²) >= 11 is 5.98. The summed E-state index contributed by atoms with van der Waals surface area (Å²) in [4.78, 5) is 57.4. The molecule has 0 aromatic heterocycles. The van der Waals surface area contributed by atoms with Gasteiger partial charge in [-0.05, 0) is 25.5 Å². The van der Waals surface area contributed by atoms with Crippen LogP contribution >= 0.6 is 11.6 Å². The molecule has 1 aromatic carbocycles. The average molecular weight is 540 g/mol. The third kappa shape index (κ3) is 4.45. The maximum atomic E-state index is 14.0. The first-order valence-corrected chi connectivity index (χ1v) is 11.4. The van der Waals surface area contributed by atoms with Crippen molar-refractivity contribution in [1.82, 2.24) is 0 Å². The molecule has 3 heterocycles. The van der Waals surface area contributed by atoms with E-state index in [9.17, 15) is 34.9 Å². The number of nitrogens with zero attached hydrogens (tertiary/aromatic N) is 3. The van der Waals surface area contributed by atoms with Crippen molar-refractivity contribution in [2.45, 2.75) is 43.7 Å². The van der Waals surface area contributed by atoms with E-state index >= 15 is 0 Å². The molecule has 0 saturated carbocycles. The minimum Gasteiger partial charge on any atom is -0.468 e. The van der Waals surface area contributed by atoms with E-state index < -0.39 is 69.8 Å². The largest absolute Gasteiger partial charge is 0.468 e. The molecule has 1 N–H and O–H groups in total. The lowest BCUT2D eigenvalue weighted by molar-refractivity contribution is -0.769. The summed E-state index contributed by atoms with van der Waals surface area (Å²) in [5, 5.41) is 32.7. The zero-order valence-electron chi connectivity index (χ0n) is 19.8. The first kappa shape index (κ1) is 26.6. The number of hydrogen-bond donors (Lipinski definition) is 1. The number of aliphatic hydroxyl groups is 1. The Balaban J connectivity index is 1.82. The molecule has 0 spiro atoms. The zero-order valence-corrected chi connectivity index (χ0v) is 20.5. The van der Waals surface area contributed by atoms with Crippen LogP contribution in [0, 0.1) is 26.1 Å². The maximum Gasteiger partial charge on any atom is 0.315 e. The average Bonchev–Trinajstić information content (AvgIpc) is 3.39. The van der Waals surface area contributed by atoms with Crippen molar-refractivity contribution >= 4 is 34.8 Å². The van der Waals surface area contributed by atoms with Gasteiger partial charge in [-0.15, -0.1) is 10.1 Å². The van der Waals surface area contributed by atoms with Crippen LogP contribution in [-0.2, 0) is 28.6 Å². The topological polar surface area (TPSA) is 190 Å². The summed E-state index contributed by atoms with van der Waals surface area (Å²) in [6.45, 7) is 2.16. The first-order valence-electron chi connectivity index (χ1n) is 11.0. The molecule has 14 nitrogen and oxygen atoms in total. The molecule has 0 amide bonds. The van der Waals surface area contributed by atoms with Crippen molar-refractivity contribution in [3.63, 3.8) is 0 Å². The number of hydrogen-bond acceptors (Lipinski definition) is 12. The molecule has 2 fully saturated rings. The lowest BCUT2D eigenvalue weighted by atomic mass is 9.71. The minimum absolute atomic E-state index is 0.119.